The minimum absolute atomic E-state index is 0.356. The van der Waals surface area contributed by atoms with Gasteiger partial charge < -0.3 is 14.2 Å². The first-order chi connectivity index (χ1) is 10.6. The van der Waals surface area contributed by atoms with Crippen molar-refractivity contribution in [1.82, 2.24) is 19.4 Å². The normalized spacial score (nSPS) is 20.6. The molecule has 22 heavy (non-hydrogen) atoms. The molecule has 0 unspecified atom stereocenters. The van der Waals surface area contributed by atoms with Gasteiger partial charge in [-0.1, -0.05) is 23.2 Å². The average Bonchev–Trinajstić information content (AvgIpc) is 2.77. The van der Waals surface area contributed by atoms with E-state index < -0.39 is 0 Å². The molecule has 0 spiro atoms. The zero-order valence-electron chi connectivity index (χ0n) is 12.3. The van der Waals surface area contributed by atoms with Crippen molar-refractivity contribution in [2.75, 3.05) is 44.3 Å². The van der Waals surface area contributed by atoms with Crippen molar-refractivity contribution < 1.29 is 4.74 Å². The molecule has 0 N–H and O–H groups in total. The van der Waals surface area contributed by atoms with Crippen molar-refractivity contribution in [2.45, 2.75) is 6.04 Å². The molecule has 2 aliphatic rings. The Kier molecular flexibility index (Phi) is 3.64. The molecule has 0 saturated carbocycles. The topological polar surface area (TPSA) is 46.4 Å². The fourth-order valence-corrected chi connectivity index (χ4v) is 3.64. The standard InChI is InChI=1S/C14H17Cl2N5O/c1-19-10-6-11(15)17-13(16)12(10)18-14(19)21-7-9(8-21)20-2-4-22-5-3-20/h6,9H,2-5,7-8H2,1H3. The number of aryl methyl sites for hydroxylation is 1. The lowest BCUT2D eigenvalue weighted by Crippen LogP contribution is -2.62. The molecule has 0 radical (unpaired) electrons. The highest BCUT2D eigenvalue weighted by Crippen LogP contribution is 2.30. The molecule has 0 bridgehead atoms. The van der Waals surface area contributed by atoms with E-state index in [1.54, 1.807) is 6.07 Å². The molecular weight excluding hydrogens is 325 g/mol. The van der Waals surface area contributed by atoms with Crippen LogP contribution >= 0.6 is 23.2 Å². The van der Waals surface area contributed by atoms with Crippen LogP contribution in [-0.2, 0) is 11.8 Å². The second-order valence-electron chi connectivity index (χ2n) is 5.78. The molecule has 2 aliphatic heterocycles. The van der Waals surface area contributed by atoms with Crippen LogP contribution in [-0.4, -0.2) is 64.9 Å². The second kappa shape index (κ2) is 5.53. The number of aromatic nitrogens is 3. The monoisotopic (exact) mass is 341 g/mol. The smallest absolute Gasteiger partial charge is 0.206 e. The summed E-state index contributed by atoms with van der Waals surface area (Å²) in [6.07, 6.45) is 0. The van der Waals surface area contributed by atoms with Crippen LogP contribution in [0.5, 0.6) is 0 Å². The van der Waals surface area contributed by atoms with Crippen LogP contribution in [0.2, 0.25) is 10.3 Å². The highest BCUT2D eigenvalue weighted by Gasteiger charge is 2.35. The number of pyridine rings is 1. The molecule has 0 amide bonds. The number of imidazole rings is 1. The summed E-state index contributed by atoms with van der Waals surface area (Å²) in [6, 6.07) is 2.39. The third kappa shape index (κ3) is 2.34. The maximum atomic E-state index is 6.15. The van der Waals surface area contributed by atoms with Crippen LogP contribution in [0.1, 0.15) is 0 Å². The van der Waals surface area contributed by atoms with Gasteiger partial charge in [0.2, 0.25) is 5.95 Å². The van der Waals surface area contributed by atoms with Crippen LogP contribution < -0.4 is 4.90 Å². The van der Waals surface area contributed by atoms with Crippen LogP contribution in [0.15, 0.2) is 6.07 Å². The Morgan fingerprint density at radius 2 is 1.91 bits per heavy atom. The zero-order chi connectivity index (χ0) is 15.3. The quantitative estimate of drug-likeness (QED) is 0.779. The summed E-state index contributed by atoms with van der Waals surface area (Å²) in [5.41, 5.74) is 1.62. The molecule has 2 saturated heterocycles. The van der Waals surface area contributed by atoms with Gasteiger partial charge in [-0.3, -0.25) is 4.90 Å². The highest BCUT2D eigenvalue weighted by molar-refractivity contribution is 6.36. The molecule has 2 fully saturated rings. The molecule has 4 rings (SSSR count). The Balaban J connectivity index is 1.56. The van der Waals surface area contributed by atoms with Gasteiger partial charge in [0, 0.05) is 45.3 Å². The minimum Gasteiger partial charge on any atom is -0.379 e. The van der Waals surface area contributed by atoms with E-state index >= 15 is 0 Å². The first-order valence-corrected chi connectivity index (χ1v) is 8.14. The molecular formula is C14H17Cl2N5O. The largest absolute Gasteiger partial charge is 0.379 e. The fourth-order valence-electron chi connectivity index (χ4n) is 3.18. The fraction of sp³-hybridized carbons (Fsp3) is 0.571. The number of hydrogen-bond acceptors (Lipinski definition) is 5. The van der Waals surface area contributed by atoms with E-state index in [9.17, 15) is 0 Å². The van der Waals surface area contributed by atoms with Crippen molar-refractivity contribution in [2.24, 2.45) is 7.05 Å². The summed E-state index contributed by atoms with van der Waals surface area (Å²) in [5, 5.41) is 0.747. The molecule has 8 heteroatoms. The third-order valence-corrected chi connectivity index (χ3v) is 4.94. The lowest BCUT2D eigenvalue weighted by molar-refractivity contribution is 0.0102. The van der Waals surface area contributed by atoms with E-state index in [-0.39, 0.29) is 0 Å². The summed E-state index contributed by atoms with van der Waals surface area (Å²) in [7, 11) is 1.99. The van der Waals surface area contributed by atoms with E-state index in [4.69, 9.17) is 27.9 Å². The number of nitrogens with zero attached hydrogens (tertiary/aromatic N) is 5. The van der Waals surface area contributed by atoms with Crippen LogP contribution in [0.25, 0.3) is 11.0 Å². The first kappa shape index (κ1) is 14.5. The number of rotatable bonds is 2. The number of halogens is 2. The van der Waals surface area contributed by atoms with Gasteiger partial charge in [0.1, 0.15) is 10.7 Å². The molecule has 4 heterocycles. The van der Waals surface area contributed by atoms with Gasteiger partial charge in [-0.25, -0.2) is 9.97 Å². The van der Waals surface area contributed by atoms with Gasteiger partial charge >= 0.3 is 0 Å². The van der Waals surface area contributed by atoms with Gasteiger partial charge in [-0.2, -0.15) is 0 Å². The Morgan fingerprint density at radius 3 is 2.64 bits per heavy atom. The maximum absolute atomic E-state index is 6.15. The molecule has 0 atom stereocenters. The SMILES string of the molecule is Cn1c(N2CC(N3CCOCC3)C2)nc2c(Cl)nc(Cl)cc21. The summed E-state index contributed by atoms with van der Waals surface area (Å²) in [5.74, 6) is 0.922. The number of fused-ring (bicyclic) bond motifs is 1. The molecule has 2 aromatic rings. The second-order valence-corrected chi connectivity index (χ2v) is 6.53. The number of morpholine rings is 1. The summed E-state index contributed by atoms with van der Waals surface area (Å²) < 4.78 is 7.44. The maximum Gasteiger partial charge on any atom is 0.206 e. The van der Waals surface area contributed by atoms with E-state index in [2.05, 4.69) is 19.8 Å². The van der Waals surface area contributed by atoms with E-state index in [0.29, 0.717) is 21.9 Å². The number of ether oxygens (including phenoxy) is 1. The number of anilines is 1. The Morgan fingerprint density at radius 1 is 1.18 bits per heavy atom. The third-order valence-electron chi connectivity index (χ3n) is 4.48. The Bertz CT molecular complexity index is 707. The predicted octanol–water partition coefficient (Wildman–Crippen LogP) is 1.80. The first-order valence-electron chi connectivity index (χ1n) is 7.38. The zero-order valence-corrected chi connectivity index (χ0v) is 13.8. The van der Waals surface area contributed by atoms with Gasteiger partial charge in [0.05, 0.1) is 18.7 Å². The average molecular weight is 342 g/mol. The van der Waals surface area contributed by atoms with E-state index in [1.807, 2.05) is 11.6 Å². The predicted molar refractivity (Wildman–Crippen MR) is 86.9 cm³/mol. The van der Waals surface area contributed by atoms with Crippen molar-refractivity contribution in [3.8, 4) is 0 Å². The lowest BCUT2D eigenvalue weighted by Gasteiger charge is -2.46. The highest BCUT2D eigenvalue weighted by atomic mass is 35.5. The van der Waals surface area contributed by atoms with E-state index in [1.165, 1.54) is 0 Å². The van der Waals surface area contributed by atoms with Gasteiger partial charge in [0.15, 0.2) is 5.15 Å². The summed E-state index contributed by atoms with van der Waals surface area (Å²) >= 11 is 12.1. The van der Waals surface area contributed by atoms with E-state index in [0.717, 1.165) is 50.9 Å². The van der Waals surface area contributed by atoms with Crippen molar-refractivity contribution in [3.63, 3.8) is 0 Å². The van der Waals surface area contributed by atoms with Crippen LogP contribution in [0.3, 0.4) is 0 Å². The van der Waals surface area contributed by atoms with Crippen LogP contribution in [0, 0.1) is 0 Å². The lowest BCUT2D eigenvalue weighted by atomic mass is 10.1. The minimum atomic E-state index is 0.356. The van der Waals surface area contributed by atoms with Crippen LogP contribution in [0.4, 0.5) is 5.95 Å². The molecule has 0 aliphatic carbocycles. The van der Waals surface area contributed by atoms with Gasteiger partial charge in [0.25, 0.3) is 0 Å². The van der Waals surface area contributed by atoms with Gasteiger partial charge in [-0.05, 0) is 0 Å². The van der Waals surface area contributed by atoms with Gasteiger partial charge in [-0.15, -0.1) is 0 Å². The Hall–Kier alpha value is -1.08. The Labute approximate surface area is 138 Å². The summed E-state index contributed by atoms with van der Waals surface area (Å²) in [6.45, 7) is 5.68. The van der Waals surface area contributed by atoms with Crippen molar-refractivity contribution in [1.29, 1.82) is 0 Å². The molecule has 2 aromatic heterocycles. The summed E-state index contributed by atoms with van der Waals surface area (Å²) in [4.78, 5) is 13.5. The number of hydrogen-bond donors (Lipinski definition) is 0. The molecule has 6 nitrogen and oxygen atoms in total. The molecule has 118 valence electrons. The van der Waals surface area contributed by atoms with Crippen molar-refractivity contribution >= 4 is 40.2 Å². The molecule has 0 aromatic carbocycles. The van der Waals surface area contributed by atoms with Crippen molar-refractivity contribution in [3.05, 3.63) is 16.4 Å².